The lowest BCUT2D eigenvalue weighted by molar-refractivity contribution is 0.307. The van der Waals surface area contributed by atoms with E-state index in [0.29, 0.717) is 5.92 Å². The molecular weight excluding hydrogens is 230 g/mol. The summed E-state index contributed by atoms with van der Waals surface area (Å²) in [5.41, 5.74) is 1.61. The Morgan fingerprint density at radius 2 is 2.33 bits per heavy atom. The number of aromatic nitrogens is 2. The summed E-state index contributed by atoms with van der Waals surface area (Å²) >= 11 is 0. The van der Waals surface area contributed by atoms with E-state index >= 15 is 0 Å². The number of methoxy groups -OCH3 is 1. The third-order valence-electron chi connectivity index (χ3n) is 3.36. The molecule has 5 nitrogen and oxygen atoms in total. The fourth-order valence-electron chi connectivity index (χ4n) is 2.19. The Bertz CT molecular complexity index is 632. The van der Waals surface area contributed by atoms with Crippen LogP contribution in [0.4, 0.5) is 0 Å². The molecule has 3 rings (SSSR count). The summed E-state index contributed by atoms with van der Waals surface area (Å²) in [6.45, 7) is 2.68. The third-order valence-corrected chi connectivity index (χ3v) is 3.36. The van der Waals surface area contributed by atoms with E-state index in [-0.39, 0.29) is 5.56 Å². The molecule has 0 spiro atoms. The zero-order chi connectivity index (χ0) is 12.5. The molecule has 0 unspecified atom stereocenters. The summed E-state index contributed by atoms with van der Waals surface area (Å²) in [6, 6.07) is 5.61. The fourth-order valence-corrected chi connectivity index (χ4v) is 2.19. The molecule has 94 valence electrons. The Morgan fingerprint density at radius 3 is 3.00 bits per heavy atom. The molecule has 1 fully saturated rings. The van der Waals surface area contributed by atoms with Gasteiger partial charge in [-0.05, 0) is 12.1 Å². The van der Waals surface area contributed by atoms with Crippen LogP contribution in [0.5, 0.6) is 5.75 Å². The predicted octanol–water partition coefficient (Wildman–Crippen LogP) is 0.624. The lowest BCUT2D eigenvalue weighted by atomic mass is 10.0. The molecule has 0 aliphatic carbocycles. The predicted molar refractivity (Wildman–Crippen MR) is 68.9 cm³/mol. The lowest BCUT2D eigenvalue weighted by Gasteiger charge is -2.28. The van der Waals surface area contributed by atoms with Crippen LogP contribution in [0.1, 0.15) is 0 Å². The van der Waals surface area contributed by atoms with Gasteiger partial charge in [0.05, 0.1) is 24.3 Å². The van der Waals surface area contributed by atoms with Gasteiger partial charge in [0.2, 0.25) is 0 Å². The van der Waals surface area contributed by atoms with E-state index in [2.05, 4.69) is 10.3 Å². The van der Waals surface area contributed by atoms with Gasteiger partial charge >= 0.3 is 0 Å². The third kappa shape index (κ3) is 1.86. The molecule has 0 atom stereocenters. The topological polar surface area (TPSA) is 56.1 Å². The van der Waals surface area contributed by atoms with E-state index in [1.54, 1.807) is 11.7 Å². The number of fused-ring (bicyclic) bond motifs is 1. The van der Waals surface area contributed by atoms with Gasteiger partial charge in [0.15, 0.2) is 0 Å². The molecule has 1 saturated heterocycles. The molecule has 5 heteroatoms. The van der Waals surface area contributed by atoms with Crippen molar-refractivity contribution in [1.29, 1.82) is 0 Å². The van der Waals surface area contributed by atoms with Gasteiger partial charge < -0.3 is 14.6 Å². The minimum absolute atomic E-state index is 0.0531. The number of nitrogens with zero attached hydrogens (tertiary/aromatic N) is 2. The number of nitrogens with one attached hydrogen (secondary N) is 1. The smallest absolute Gasteiger partial charge is 0.269 e. The van der Waals surface area contributed by atoms with Gasteiger partial charge in [0.1, 0.15) is 5.75 Å². The van der Waals surface area contributed by atoms with Crippen molar-refractivity contribution in [1.82, 2.24) is 14.9 Å². The van der Waals surface area contributed by atoms with Gasteiger partial charge in [0.25, 0.3) is 5.56 Å². The van der Waals surface area contributed by atoms with Crippen molar-refractivity contribution >= 4 is 11.0 Å². The van der Waals surface area contributed by atoms with Gasteiger partial charge in [-0.3, -0.25) is 4.79 Å². The minimum atomic E-state index is -0.0531. The van der Waals surface area contributed by atoms with Gasteiger partial charge in [-0.25, -0.2) is 4.98 Å². The molecule has 1 aliphatic heterocycles. The van der Waals surface area contributed by atoms with Crippen molar-refractivity contribution in [2.24, 2.45) is 5.92 Å². The van der Waals surface area contributed by atoms with E-state index in [1.165, 1.54) is 6.20 Å². The van der Waals surface area contributed by atoms with E-state index in [9.17, 15) is 4.79 Å². The van der Waals surface area contributed by atoms with Crippen LogP contribution in [0.15, 0.2) is 29.2 Å². The first kappa shape index (κ1) is 11.2. The van der Waals surface area contributed by atoms with Gasteiger partial charge in [-0.1, -0.05) is 0 Å². The highest BCUT2D eigenvalue weighted by Crippen LogP contribution is 2.19. The van der Waals surface area contributed by atoms with Crippen LogP contribution in [0, 0.1) is 5.92 Å². The Morgan fingerprint density at radius 1 is 1.50 bits per heavy atom. The SMILES string of the molecule is COc1ccc2ncc(=O)n(CC3CNC3)c2c1. The number of hydrogen-bond donors (Lipinski definition) is 1. The minimum Gasteiger partial charge on any atom is -0.497 e. The zero-order valence-electron chi connectivity index (χ0n) is 10.2. The molecule has 18 heavy (non-hydrogen) atoms. The first-order chi connectivity index (χ1) is 8.78. The van der Waals surface area contributed by atoms with E-state index in [0.717, 1.165) is 36.4 Å². The van der Waals surface area contributed by atoms with Crippen molar-refractivity contribution in [2.75, 3.05) is 20.2 Å². The van der Waals surface area contributed by atoms with E-state index < -0.39 is 0 Å². The van der Waals surface area contributed by atoms with Crippen molar-refractivity contribution < 1.29 is 4.74 Å². The zero-order valence-corrected chi connectivity index (χ0v) is 10.2. The van der Waals surface area contributed by atoms with Crippen LogP contribution in [-0.4, -0.2) is 29.8 Å². The Balaban J connectivity index is 2.12. The van der Waals surface area contributed by atoms with E-state index in [4.69, 9.17) is 4.74 Å². The molecule has 0 radical (unpaired) electrons. The van der Waals surface area contributed by atoms with Crippen molar-refractivity contribution in [3.05, 3.63) is 34.7 Å². The maximum absolute atomic E-state index is 11.9. The largest absolute Gasteiger partial charge is 0.497 e. The average molecular weight is 245 g/mol. The van der Waals surface area contributed by atoms with Crippen LogP contribution in [-0.2, 0) is 6.54 Å². The Labute approximate surface area is 104 Å². The summed E-state index contributed by atoms with van der Waals surface area (Å²) in [4.78, 5) is 16.1. The summed E-state index contributed by atoms with van der Waals surface area (Å²) < 4.78 is 7.00. The summed E-state index contributed by atoms with van der Waals surface area (Å²) in [6.07, 6.45) is 1.39. The second kappa shape index (κ2) is 4.42. The number of rotatable bonds is 3. The van der Waals surface area contributed by atoms with Crippen molar-refractivity contribution in [3.63, 3.8) is 0 Å². The molecule has 1 N–H and O–H groups in total. The first-order valence-electron chi connectivity index (χ1n) is 6.02. The standard InChI is InChI=1S/C13H15N3O2/c1-18-10-2-3-11-12(4-10)16(13(17)7-15-11)8-9-5-14-6-9/h2-4,7,9,14H,5-6,8H2,1H3. The van der Waals surface area contributed by atoms with Gasteiger partial charge in [-0.2, -0.15) is 0 Å². The maximum atomic E-state index is 11.9. The number of ether oxygens (including phenoxy) is 1. The second-order valence-electron chi connectivity index (χ2n) is 4.59. The molecule has 2 aromatic rings. The highest BCUT2D eigenvalue weighted by atomic mass is 16.5. The highest BCUT2D eigenvalue weighted by Gasteiger charge is 2.18. The molecule has 1 aromatic heterocycles. The lowest BCUT2D eigenvalue weighted by Crippen LogP contribution is -2.45. The van der Waals surface area contributed by atoms with Crippen LogP contribution in [0.3, 0.4) is 0 Å². The van der Waals surface area contributed by atoms with E-state index in [1.807, 2.05) is 18.2 Å². The summed E-state index contributed by atoms with van der Waals surface area (Å²) in [5, 5.41) is 3.22. The van der Waals surface area contributed by atoms with Gasteiger partial charge in [0, 0.05) is 31.6 Å². The van der Waals surface area contributed by atoms with Crippen molar-refractivity contribution in [3.8, 4) is 5.75 Å². The van der Waals surface area contributed by atoms with Crippen LogP contribution < -0.4 is 15.6 Å². The van der Waals surface area contributed by atoms with Crippen molar-refractivity contribution in [2.45, 2.75) is 6.54 Å². The molecule has 0 saturated carbocycles. The molecule has 1 aromatic carbocycles. The number of hydrogen-bond acceptors (Lipinski definition) is 4. The maximum Gasteiger partial charge on any atom is 0.269 e. The molecule has 1 aliphatic rings. The molecule has 0 amide bonds. The van der Waals surface area contributed by atoms with Crippen LogP contribution in [0.2, 0.25) is 0 Å². The Kier molecular flexibility index (Phi) is 2.76. The molecule has 0 bridgehead atoms. The summed E-state index contributed by atoms with van der Waals surface area (Å²) in [7, 11) is 1.62. The monoisotopic (exact) mass is 245 g/mol. The molecule has 2 heterocycles. The summed E-state index contributed by atoms with van der Waals surface area (Å²) in [5.74, 6) is 1.27. The average Bonchev–Trinajstić information content (AvgIpc) is 2.35. The van der Waals surface area contributed by atoms with Crippen LogP contribution >= 0.6 is 0 Å². The normalized spacial score (nSPS) is 15.6. The van der Waals surface area contributed by atoms with Crippen LogP contribution in [0.25, 0.3) is 11.0 Å². The fraction of sp³-hybridized carbons (Fsp3) is 0.385. The highest BCUT2D eigenvalue weighted by molar-refractivity contribution is 5.76. The molecular formula is C13H15N3O2. The number of benzene rings is 1. The first-order valence-corrected chi connectivity index (χ1v) is 6.02. The quantitative estimate of drug-likeness (QED) is 0.861. The Hall–Kier alpha value is -1.88. The van der Waals surface area contributed by atoms with Gasteiger partial charge in [-0.15, -0.1) is 0 Å². The second-order valence-corrected chi connectivity index (χ2v) is 4.59.